The van der Waals surface area contributed by atoms with Crippen molar-refractivity contribution >= 4 is 22.9 Å². The van der Waals surface area contributed by atoms with Crippen LogP contribution < -0.4 is 15.4 Å². The van der Waals surface area contributed by atoms with Crippen LogP contribution in [0.5, 0.6) is 5.75 Å². The first-order valence-electron chi connectivity index (χ1n) is 6.92. The molecule has 4 nitrogen and oxygen atoms in total. The Morgan fingerprint density at radius 3 is 2.85 bits per heavy atom. The Hall–Kier alpha value is -1.33. The molecule has 110 valence electrons. The van der Waals surface area contributed by atoms with Gasteiger partial charge in [-0.05, 0) is 38.6 Å². The number of likely N-dealkylation sites (N-methyl/N-ethyl adjacent to an activating group) is 2. The van der Waals surface area contributed by atoms with Gasteiger partial charge in [-0.15, -0.1) is 0 Å². The van der Waals surface area contributed by atoms with E-state index < -0.39 is 0 Å². The van der Waals surface area contributed by atoms with Crippen LogP contribution in [0, 0.1) is 0 Å². The van der Waals surface area contributed by atoms with E-state index in [4.69, 9.17) is 22.7 Å². The minimum Gasteiger partial charge on any atom is -0.497 e. The van der Waals surface area contributed by atoms with Crippen LogP contribution in [0.1, 0.15) is 18.4 Å². The predicted molar refractivity (Wildman–Crippen MR) is 87.8 cm³/mol. The number of hydrogen-bond acceptors (Lipinski definition) is 4. The molecule has 2 N–H and O–H groups in total. The minimum atomic E-state index is 0.425. The van der Waals surface area contributed by atoms with Gasteiger partial charge in [-0.1, -0.05) is 12.2 Å². The Morgan fingerprint density at radius 1 is 1.55 bits per heavy atom. The molecule has 1 heterocycles. The van der Waals surface area contributed by atoms with Crippen molar-refractivity contribution in [2.75, 3.05) is 39.2 Å². The highest BCUT2D eigenvalue weighted by molar-refractivity contribution is 7.80. The summed E-state index contributed by atoms with van der Waals surface area (Å²) in [6.07, 6.45) is 2.52. The van der Waals surface area contributed by atoms with Gasteiger partial charge in [-0.3, -0.25) is 0 Å². The second-order valence-corrected chi connectivity index (χ2v) is 5.84. The van der Waals surface area contributed by atoms with Crippen LogP contribution in [0.3, 0.4) is 0 Å². The maximum absolute atomic E-state index is 5.83. The van der Waals surface area contributed by atoms with E-state index in [1.165, 1.54) is 19.4 Å². The van der Waals surface area contributed by atoms with Gasteiger partial charge in [-0.2, -0.15) is 0 Å². The van der Waals surface area contributed by atoms with Gasteiger partial charge < -0.3 is 20.3 Å². The van der Waals surface area contributed by atoms with E-state index in [9.17, 15) is 0 Å². The van der Waals surface area contributed by atoms with Gasteiger partial charge in [0, 0.05) is 31.3 Å². The van der Waals surface area contributed by atoms with E-state index in [-0.39, 0.29) is 0 Å². The highest BCUT2D eigenvalue weighted by Gasteiger charge is 2.23. The molecule has 0 radical (unpaired) electrons. The second kappa shape index (κ2) is 6.41. The third-order valence-corrected chi connectivity index (χ3v) is 4.26. The normalized spacial score (nSPS) is 19.1. The summed E-state index contributed by atoms with van der Waals surface area (Å²) in [5.41, 5.74) is 7.78. The third-order valence-electron chi connectivity index (χ3n) is 4.04. The summed E-state index contributed by atoms with van der Waals surface area (Å²) >= 11 is 5.15. The van der Waals surface area contributed by atoms with Crippen molar-refractivity contribution in [3.63, 3.8) is 0 Å². The van der Waals surface area contributed by atoms with Gasteiger partial charge in [-0.25, -0.2) is 0 Å². The average molecular weight is 293 g/mol. The molecule has 0 aromatic heterocycles. The van der Waals surface area contributed by atoms with Crippen molar-refractivity contribution in [1.29, 1.82) is 0 Å². The number of methoxy groups -OCH3 is 1. The zero-order valence-electron chi connectivity index (χ0n) is 12.4. The number of hydrogen-bond donors (Lipinski definition) is 1. The lowest BCUT2D eigenvalue weighted by Gasteiger charge is -2.29. The Bertz CT molecular complexity index is 492. The van der Waals surface area contributed by atoms with Gasteiger partial charge >= 0.3 is 0 Å². The number of likely N-dealkylation sites (tertiary alicyclic amines) is 1. The first kappa shape index (κ1) is 15.1. The molecule has 0 aliphatic carbocycles. The molecule has 20 heavy (non-hydrogen) atoms. The highest BCUT2D eigenvalue weighted by atomic mass is 32.1. The topological polar surface area (TPSA) is 41.7 Å². The zero-order chi connectivity index (χ0) is 14.7. The lowest BCUT2D eigenvalue weighted by Crippen LogP contribution is -2.37. The zero-order valence-corrected chi connectivity index (χ0v) is 13.2. The number of nitrogens with two attached hydrogens (primary N) is 1. The van der Waals surface area contributed by atoms with Gasteiger partial charge in [0.1, 0.15) is 10.7 Å². The number of thiocarbonyl (C=S) groups is 1. The Kier molecular flexibility index (Phi) is 4.83. The molecule has 1 aromatic carbocycles. The molecule has 1 aliphatic heterocycles. The maximum atomic E-state index is 5.83. The molecule has 0 spiro atoms. The second-order valence-electron chi connectivity index (χ2n) is 5.40. The van der Waals surface area contributed by atoms with E-state index in [1.54, 1.807) is 7.11 Å². The Balaban J connectivity index is 2.22. The van der Waals surface area contributed by atoms with E-state index in [0.29, 0.717) is 11.0 Å². The predicted octanol–water partition coefficient (Wildman–Crippen LogP) is 1.86. The molecule has 1 fully saturated rings. The molecule has 1 saturated heterocycles. The van der Waals surface area contributed by atoms with Crippen molar-refractivity contribution in [3.8, 4) is 5.75 Å². The molecule has 0 bridgehead atoms. The van der Waals surface area contributed by atoms with Gasteiger partial charge in [0.15, 0.2) is 0 Å². The maximum Gasteiger partial charge on any atom is 0.120 e. The van der Waals surface area contributed by atoms with Crippen LogP contribution >= 0.6 is 12.2 Å². The van der Waals surface area contributed by atoms with Crippen molar-refractivity contribution in [2.24, 2.45) is 5.73 Å². The summed E-state index contributed by atoms with van der Waals surface area (Å²) < 4.78 is 5.31. The van der Waals surface area contributed by atoms with Crippen molar-refractivity contribution < 1.29 is 4.74 Å². The smallest absolute Gasteiger partial charge is 0.120 e. The molecule has 5 heteroatoms. The minimum absolute atomic E-state index is 0.425. The third kappa shape index (κ3) is 3.22. The van der Waals surface area contributed by atoms with Crippen LogP contribution in [0.2, 0.25) is 0 Å². The average Bonchev–Trinajstić information content (AvgIpc) is 2.83. The number of benzene rings is 1. The van der Waals surface area contributed by atoms with Gasteiger partial charge in [0.25, 0.3) is 0 Å². The van der Waals surface area contributed by atoms with Crippen LogP contribution in [-0.4, -0.2) is 50.2 Å². The van der Waals surface area contributed by atoms with Crippen molar-refractivity contribution in [2.45, 2.75) is 18.9 Å². The molecule has 1 aromatic rings. The van der Waals surface area contributed by atoms with E-state index in [0.717, 1.165) is 23.5 Å². The highest BCUT2D eigenvalue weighted by Crippen LogP contribution is 2.27. The van der Waals surface area contributed by atoms with Gasteiger partial charge in [0.05, 0.1) is 12.8 Å². The fourth-order valence-corrected chi connectivity index (χ4v) is 2.96. The van der Waals surface area contributed by atoms with Crippen LogP contribution in [0.4, 0.5) is 5.69 Å². The summed E-state index contributed by atoms with van der Waals surface area (Å²) in [6.45, 7) is 2.15. The van der Waals surface area contributed by atoms with Crippen LogP contribution in [0.25, 0.3) is 0 Å². The molecular formula is C15H23N3OS. The van der Waals surface area contributed by atoms with E-state index >= 15 is 0 Å². The number of rotatable bonds is 5. The van der Waals surface area contributed by atoms with Gasteiger partial charge in [0.2, 0.25) is 0 Å². The lowest BCUT2D eigenvalue weighted by atomic mass is 10.1. The molecule has 2 rings (SSSR count). The number of ether oxygens (including phenoxy) is 1. The largest absolute Gasteiger partial charge is 0.497 e. The summed E-state index contributed by atoms with van der Waals surface area (Å²) in [7, 11) is 5.94. The molecule has 1 atom stereocenters. The molecule has 0 amide bonds. The summed E-state index contributed by atoms with van der Waals surface area (Å²) in [4.78, 5) is 5.06. The monoisotopic (exact) mass is 293 g/mol. The fourth-order valence-electron chi connectivity index (χ4n) is 2.79. The molecule has 0 saturated carbocycles. The Morgan fingerprint density at radius 2 is 2.30 bits per heavy atom. The quantitative estimate of drug-likeness (QED) is 0.839. The molecule has 1 unspecified atom stereocenters. The molecular weight excluding hydrogens is 270 g/mol. The van der Waals surface area contributed by atoms with Crippen LogP contribution in [0.15, 0.2) is 18.2 Å². The standard InChI is InChI=1S/C15H23N3OS/c1-17-8-4-5-11(17)10-18(2)14-9-12(19-3)6-7-13(14)15(16)20/h6-7,9,11H,4-5,8,10H2,1-3H3,(H2,16,20). The molecule has 1 aliphatic rings. The lowest BCUT2D eigenvalue weighted by molar-refractivity contribution is 0.314. The van der Waals surface area contributed by atoms with E-state index in [2.05, 4.69) is 23.9 Å². The number of nitrogens with zero attached hydrogens (tertiary/aromatic N) is 2. The van der Waals surface area contributed by atoms with Crippen LogP contribution in [-0.2, 0) is 0 Å². The fraction of sp³-hybridized carbons (Fsp3) is 0.533. The van der Waals surface area contributed by atoms with Crippen molar-refractivity contribution in [3.05, 3.63) is 23.8 Å². The van der Waals surface area contributed by atoms with E-state index in [1.807, 2.05) is 18.2 Å². The summed E-state index contributed by atoms with van der Waals surface area (Å²) in [5, 5.41) is 0. The van der Waals surface area contributed by atoms with Crippen molar-refractivity contribution in [1.82, 2.24) is 4.90 Å². The summed E-state index contributed by atoms with van der Waals surface area (Å²) in [6, 6.07) is 6.42. The Labute approximate surface area is 126 Å². The first-order chi connectivity index (χ1) is 9.52. The summed E-state index contributed by atoms with van der Waals surface area (Å²) in [5.74, 6) is 0.826. The number of anilines is 1. The first-order valence-corrected chi connectivity index (χ1v) is 7.33. The SMILES string of the molecule is COc1ccc(C(N)=S)c(N(C)CC2CCCN2C)c1.